The lowest BCUT2D eigenvalue weighted by Crippen LogP contribution is -2.18. The Kier molecular flexibility index (Phi) is 4.15. The molecule has 0 aliphatic rings. The number of ether oxygens (including phenoxy) is 1. The van der Waals surface area contributed by atoms with Crippen molar-refractivity contribution in [2.24, 2.45) is 5.92 Å². The van der Waals surface area contributed by atoms with Crippen molar-refractivity contribution in [1.29, 1.82) is 0 Å². The van der Waals surface area contributed by atoms with E-state index in [0.717, 1.165) is 0 Å². The third kappa shape index (κ3) is 3.53. The van der Waals surface area contributed by atoms with E-state index in [0.29, 0.717) is 6.42 Å². The van der Waals surface area contributed by atoms with Crippen molar-refractivity contribution in [1.82, 2.24) is 0 Å². The lowest BCUT2D eigenvalue weighted by atomic mass is 10.1. The van der Waals surface area contributed by atoms with Crippen molar-refractivity contribution in [3.8, 4) is 0 Å². The number of carbonyl (C=O) groups is 1. The predicted molar refractivity (Wildman–Crippen MR) is 40.1 cm³/mol. The molecule has 0 saturated carbocycles. The summed E-state index contributed by atoms with van der Waals surface area (Å²) in [5.74, 6) is -0.291. The highest BCUT2D eigenvalue weighted by molar-refractivity contribution is 6.33. The van der Waals surface area contributed by atoms with Gasteiger partial charge in [-0.2, -0.15) is 4.79 Å². The topological polar surface area (TPSA) is 62.7 Å². The van der Waals surface area contributed by atoms with Crippen molar-refractivity contribution in [3.63, 3.8) is 0 Å². The van der Waals surface area contributed by atoms with Crippen LogP contribution in [0.25, 0.3) is 5.53 Å². The van der Waals surface area contributed by atoms with Crippen LogP contribution in [0.4, 0.5) is 0 Å². The minimum atomic E-state index is -0.568. The fourth-order valence-corrected chi connectivity index (χ4v) is 0.669. The Morgan fingerprint density at radius 1 is 1.64 bits per heavy atom. The molecule has 0 aliphatic heterocycles. The quantitative estimate of drug-likeness (QED) is 0.263. The van der Waals surface area contributed by atoms with Crippen molar-refractivity contribution in [3.05, 3.63) is 5.53 Å². The van der Waals surface area contributed by atoms with Gasteiger partial charge in [0.2, 0.25) is 0 Å². The highest BCUT2D eigenvalue weighted by Gasteiger charge is 2.21. The first-order chi connectivity index (χ1) is 5.11. The summed E-state index contributed by atoms with van der Waals surface area (Å²) in [6.45, 7) is 3.85. The second kappa shape index (κ2) is 4.63. The summed E-state index contributed by atoms with van der Waals surface area (Å²) in [5.41, 5.74) is 8.44. The van der Waals surface area contributed by atoms with Crippen molar-refractivity contribution >= 4 is 11.7 Å². The number of hydrogen-bond acceptors (Lipinski definition) is 2. The highest BCUT2D eigenvalue weighted by Crippen LogP contribution is 2.00. The van der Waals surface area contributed by atoms with Crippen molar-refractivity contribution in [2.75, 3.05) is 7.11 Å². The molecular formula is C7H12N2O2. The molecule has 11 heavy (non-hydrogen) atoms. The number of esters is 1. The zero-order chi connectivity index (χ0) is 8.85. The minimum Gasteiger partial charge on any atom is -0.460 e. The average molecular weight is 156 g/mol. The molecule has 0 aromatic rings. The molecule has 0 unspecified atom stereocenters. The zero-order valence-corrected chi connectivity index (χ0v) is 7.00. The Labute approximate surface area is 65.8 Å². The van der Waals surface area contributed by atoms with Crippen LogP contribution >= 0.6 is 0 Å². The fraction of sp³-hybridized carbons (Fsp3) is 0.714. The van der Waals surface area contributed by atoms with Crippen LogP contribution < -0.4 is 0 Å². The molecule has 0 spiro atoms. The standard InChI is InChI=1S/C7H12N2O2/c1-5(2)4-6(9-8)7(10)11-3/h5H,4H2,1-3H3. The van der Waals surface area contributed by atoms with E-state index >= 15 is 0 Å². The molecule has 0 radical (unpaired) electrons. The van der Waals surface area contributed by atoms with E-state index in [1.807, 2.05) is 13.8 Å². The third-order valence-corrected chi connectivity index (χ3v) is 1.14. The normalized spacial score (nSPS) is 9.09. The van der Waals surface area contributed by atoms with E-state index in [1.165, 1.54) is 7.11 Å². The summed E-state index contributed by atoms with van der Waals surface area (Å²) in [6.07, 6.45) is 0.434. The lowest BCUT2D eigenvalue weighted by Gasteiger charge is -1.97. The molecule has 0 aliphatic carbocycles. The summed E-state index contributed by atoms with van der Waals surface area (Å²) in [6, 6.07) is 0. The van der Waals surface area contributed by atoms with Gasteiger partial charge < -0.3 is 10.3 Å². The maximum absolute atomic E-state index is 10.8. The van der Waals surface area contributed by atoms with Gasteiger partial charge in [-0.25, -0.2) is 4.79 Å². The number of nitrogens with zero attached hydrogens (tertiary/aromatic N) is 2. The maximum Gasteiger partial charge on any atom is 0.416 e. The van der Waals surface area contributed by atoms with Crippen molar-refractivity contribution < 1.29 is 14.3 Å². The first-order valence-electron chi connectivity index (χ1n) is 3.41. The van der Waals surface area contributed by atoms with Gasteiger partial charge in [-0.1, -0.05) is 13.8 Å². The minimum absolute atomic E-state index is 0.0718. The molecule has 62 valence electrons. The largest absolute Gasteiger partial charge is 0.460 e. The van der Waals surface area contributed by atoms with Crippen LogP contribution in [0.5, 0.6) is 0 Å². The van der Waals surface area contributed by atoms with Crippen LogP contribution in [-0.4, -0.2) is 23.6 Å². The first kappa shape index (κ1) is 9.85. The maximum atomic E-state index is 10.8. The Morgan fingerprint density at radius 2 is 2.18 bits per heavy atom. The van der Waals surface area contributed by atoms with Crippen LogP contribution in [0.2, 0.25) is 0 Å². The molecular weight excluding hydrogens is 144 g/mol. The van der Waals surface area contributed by atoms with Crippen LogP contribution in [0.3, 0.4) is 0 Å². The van der Waals surface area contributed by atoms with Gasteiger partial charge >= 0.3 is 11.7 Å². The second-order valence-corrected chi connectivity index (χ2v) is 2.64. The second-order valence-electron chi connectivity index (χ2n) is 2.64. The molecule has 0 atom stereocenters. The Hall–Kier alpha value is -1.15. The predicted octanol–water partition coefficient (Wildman–Crippen LogP) is 0.876. The molecule has 0 aromatic carbocycles. The molecule has 0 saturated heterocycles. The van der Waals surface area contributed by atoms with Crippen LogP contribution in [0.15, 0.2) is 0 Å². The number of carbonyl (C=O) groups excluding carboxylic acids is 1. The summed E-state index contributed by atoms with van der Waals surface area (Å²) < 4.78 is 4.37. The van der Waals surface area contributed by atoms with E-state index < -0.39 is 5.97 Å². The summed E-state index contributed by atoms with van der Waals surface area (Å²) in [5, 5.41) is 0. The number of hydrogen-bond donors (Lipinski definition) is 0. The Morgan fingerprint density at radius 3 is 2.45 bits per heavy atom. The molecule has 0 bridgehead atoms. The van der Waals surface area contributed by atoms with E-state index in [9.17, 15) is 4.79 Å². The zero-order valence-electron chi connectivity index (χ0n) is 7.00. The SMILES string of the molecule is COC(=O)C(CC(C)C)=[N+]=[N-]. The van der Waals surface area contributed by atoms with Gasteiger partial charge in [0.1, 0.15) is 0 Å². The number of methoxy groups -OCH3 is 1. The van der Waals surface area contributed by atoms with E-state index in [2.05, 4.69) is 9.53 Å². The van der Waals surface area contributed by atoms with Gasteiger partial charge in [-0.05, 0) is 5.92 Å². The van der Waals surface area contributed by atoms with Gasteiger partial charge in [0.15, 0.2) is 0 Å². The smallest absolute Gasteiger partial charge is 0.416 e. The monoisotopic (exact) mass is 156 g/mol. The Balaban J connectivity index is 4.21. The van der Waals surface area contributed by atoms with Crippen LogP contribution in [-0.2, 0) is 9.53 Å². The van der Waals surface area contributed by atoms with Gasteiger partial charge in [0.25, 0.3) is 0 Å². The molecule has 4 nitrogen and oxygen atoms in total. The van der Waals surface area contributed by atoms with Crippen LogP contribution in [0, 0.1) is 5.92 Å². The molecule has 0 heterocycles. The van der Waals surface area contributed by atoms with Gasteiger partial charge in [0, 0.05) is 0 Å². The molecule has 0 N–H and O–H groups in total. The van der Waals surface area contributed by atoms with E-state index in [-0.39, 0.29) is 11.6 Å². The summed E-state index contributed by atoms with van der Waals surface area (Å²) in [4.78, 5) is 13.6. The molecule has 0 amide bonds. The number of rotatable bonds is 3. The molecule has 4 heteroatoms. The lowest BCUT2D eigenvalue weighted by molar-refractivity contribution is -0.137. The van der Waals surface area contributed by atoms with Gasteiger partial charge in [0.05, 0.1) is 13.5 Å². The average Bonchev–Trinajstić information content (AvgIpc) is 1.98. The molecule has 0 rings (SSSR count). The first-order valence-corrected chi connectivity index (χ1v) is 3.41. The summed E-state index contributed by atoms with van der Waals surface area (Å²) in [7, 11) is 1.26. The Bertz CT molecular complexity index is 193. The van der Waals surface area contributed by atoms with Gasteiger partial charge in [-0.15, -0.1) is 0 Å². The van der Waals surface area contributed by atoms with E-state index in [1.54, 1.807) is 0 Å². The fourth-order valence-electron chi connectivity index (χ4n) is 0.669. The van der Waals surface area contributed by atoms with E-state index in [4.69, 9.17) is 5.53 Å². The van der Waals surface area contributed by atoms with Crippen molar-refractivity contribution in [2.45, 2.75) is 20.3 Å². The molecule has 0 fully saturated rings. The highest BCUT2D eigenvalue weighted by atomic mass is 16.5. The van der Waals surface area contributed by atoms with Gasteiger partial charge in [-0.3, -0.25) is 0 Å². The van der Waals surface area contributed by atoms with Crippen LogP contribution in [0.1, 0.15) is 20.3 Å². The molecule has 0 aromatic heterocycles. The third-order valence-electron chi connectivity index (χ3n) is 1.14. The summed E-state index contributed by atoms with van der Waals surface area (Å²) >= 11 is 0.